The number of rotatable bonds is 7. The summed E-state index contributed by atoms with van der Waals surface area (Å²) in [6.45, 7) is 4.03. The van der Waals surface area contributed by atoms with E-state index >= 15 is 0 Å². The highest BCUT2D eigenvalue weighted by molar-refractivity contribution is 9.10. The molecule has 7 heteroatoms. The summed E-state index contributed by atoms with van der Waals surface area (Å²) in [6, 6.07) is 8.85. The Morgan fingerprint density at radius 2 is 2.19 bits per heavy atom. The zero-order chi connectivity index (χ0) is 19.1. The van der Waals surface area contributed by atoms with Crippen LogP contribution < -0.4 is 14.8 Å². The standard InChI is InChI=1S/C19H19BrN2O4/c1-12(2)26-18-9-16(20)13(8-17(18)24-3)7-14(10-21)19(23)22-11-15-5-4-6-25-15/h4-9,12H,11H2,1-3H3,(H,22,23)/b14-7-. The summed E-state index contributed by atoms with van der Waals surface area (Å²) < 4.78 is 16.9. The molecular weight excluding hydrogens is 400 g/mol. The molecule has 0 aliphatic carbocycles. The fraction of sp³-hybridized carbons (Fsp3) is 0.263. The van der Waals surface area contributed by atoms with Crippen LogP contribution in [0, 0.1) is 11.3 Å². The molecule has 0 saturated carbocycles. The number of halogens is 1. The van der Waals surface area contributed by atoms with Crippen LogP contribution in [0.5, 0.6) is 11.5 Å². The van der Waals surface area contributed by atoms with Crippen molar-refractivity contribution in [3.8, 4) is 17.6 Å². The van der Waals surface area contributed by atoms with Gasteiger partial charge in [-0.2, -0.15) is 5.26 Å². The molecule has 1 heterocycles. The number of benzene rings is 1. The maximum absolute atomic E-state index is 12.2. The average molecular weight is 419 g/mol. The Morgan fingerprint density at radius 1 is 1.42 bits per heavy atom. The van der Waals surface area contributed by atoms with E-state index in [2.05, 4.69) is 21.2 Å². The van der Waals surface area contributed by atoms with Gasteiger partial charge in [0.1, 0.15) is 17.4 Å². The number of ether oxygens (including phenoxy) is 2. The molecule has 0 aliphatic rings. The number of carbonyl (C=O) groups excluding carboxylic acids is 1. The largest absolute Gasteiger partial charge is 0.493 e. The van der Waals surface area contributed by atoms with E-state index in [1.54, 1.807) is 24.3 Å². The third kappa shape index (κ3) is 5.14. The first-order valence-electron chi connectivity index (χ1n) is 7.91. The molecule has 1 aromatic heterocycles. The van der Waals surface area contributed by atoms with Gasteiger partial charge in [0.05, 0.1) is 26.0 Å². The maximum Gasteiger partial charge on any atom is 0.262 e. The number of furan rings is 1. The lowest BCUT2D eigenvalue weighted by Crippen LogP contribution is -2.23. The molecule has 2 aromatic rings. The molecule has 1 aromatic carbocycles. The second-order valence-electron chi connectivity index (χ2n) is 5.62. The van der Waals surface area contributed by atoms with Crippen molar-refractivity contribution in [2.75, 3.05) is 7.11 Å². The SMILES string of the molecule is COc1cc(/C=C(/C#N)C(=O)NCc2ccco2)c(Br)cc1OC(C)C. The van der Waals surface area contributed by atoms with Crippen molar-refractivity contribution in [1.29, 1.82) is 5.26 Å². The van der Waals surface area contributed by atoms with Crippen LogP contribution in [0.4, 0.5) is 0 Å². The Kier molecular flexibility index (Phi) is 6.87. The summed E-state index contributed by atoms with van der Waals surface area (Å²) in [4.78, 5) is 12.2. The summed E-state index contributed by atoms with van der Waals surface area (Å²) in [7, 11) is 1.53. The number of nitrogens with one attached hydrogen (secondary N) is 1. The maximum atomic E-state index is 12.2. The van der Waals surface area contributed by atoms with Crippen molar-refractivity contribution in [2.24, 2.45) is 0 Å². The summed E-state index contributed by atoms with van der Waals surface area (Å²) in [5.74, 6) is 1.21. The van der Waals surface area contributed by atoms with Crippen molar-refractivity contribution in [1.82, 2.24) is 5.32 Å². The van der Waals surface area contributed by atoms with Gasteiger partial charge in [0.25, 0.3) is 5.91 Å². The number of carbonyl (C=O) groups is 1. The fourth-order valence-electron chi connectivity index (χ4n) is 2.15. The van der Waals surface area contributed by atoms with Gasteiger partial charge in [-0.1, -0.05) is 15.9 Å². The van der Waals surface area contributed by atoms with Crippen LogP contribution in [-0.2, 0) is 11.3 Å². The van der Waals surface area contributed by atoms with Crippen LogP contribution >= 0.6 is 15.9 Å². The van der Waals surface area contributed by atoms with E-state index in [4.69, 9.17) is 13.9 Å². The van der Waals surface area contributed by atoms with Crippen LogP contribution in [0.2, 0.25) is 0 Å². The first kappa shape index (κ1) is 19.6. The normalized spacial score (nSPS) is 11.2. The van der Waals surface area contributed by atoms with E-state index in [-0.39, 0.29) is 18.2 Å². The van der Waals surface area contributed by atoms with Gasteiger partial charge in [0, 0.05) is 4.47 Å². The molecule has 136 valence electrons. The molecule has 1 N–H and O–H groups in total. The number of methoxy groups -OCH3 is 1. The van der Waals surface area contributed by atoms with E-state index in [1.165, 1.54) is 19.4 Å². The molecular formula is C19H19BrN2O4. The van der Waals surface area contributed by atoms with Crippen LogP contribution in [0.25, 0.3) is 6.08 Å². The Balaban J connectivity index is 2.24. The second kappa shape index (κ2) is 9.11. The highest BCUT2D eigenvalue weighted by atomic mass is 79.9. The molecule has 0 spiro atoms. The van der Waals surface area contributed by atoms with Gasteiger partial charge in [-0.25, -0.2) is 0 Å². The molecule has 2 rings (SSSR count). The summed E-state index contributed by atoms with van der Waals surface area (Å²) in [5, 5.41) is 12.0. The minimum atomic E-state index is -0.489. The quantitative estimate of drug-likeness (QED) is 0.541. The molecule has 0 bridgehead atoms. The van der Waals surface area contributed by atoms with Crippen molar-refractivity contribution in [3.05, 3.63) is 51.9 Å². The number of hydrogen-bond donors (Lipinski definition) is 1. The summed E-state index contributed by atoms with van der Waals surface area (Å²) in [6.07, 6.45) is 3.00. The van der Waals surface area contributed by atoms with Crippen molar-refractivity contribution in [3.63, 3.8) is 0 Å². The van der Waals surface area contributed by atoms with Gasteiger partial charge >= 0.3 is 0 Å². The first-order chi connectivity index (χ1) is 12.4. The van der Waals surface area contributed by atoms with E-state index in [9.17, 15) is 10.1 Å². The molecule has 0 aliphatic heterocycles. The van der Waals surface area contributed by atoms with Gasteiger partial charge in [-0.3, -0.25) is 4.79 Å². The van der Waals surface area contributed by atoms with Gasteiger partial charge in [-0.15, -0.1) is 0 Å². The van der Waals surface area contributed by atoms with E-state index in [1.807, 2.05) is 19.9 Å². The number of hydrogen-bond acceptors (Lipinski definition) is 5. The minimum absolute atomic E-state index is 0.0146. The predicted octanol–water partition coefficient (Wildman–Crippen LogP) is 4.06. The van der Waals surface area contributed by atoms with E-state index in [0.29, 0.717) is 27.3 Å². The Morgan fingerprint density at radius 3 is 2.77 bits per heavy atom. The lowest BCUT2D eigenvalue weighted by atomic mass is 10.1. The van der Waals surface area contributed by atoms with E-state index < -0.39 is 5.91 Å². The molecule has 0 saturated heterocycles. The Bertz CT molecular complexity index is 836. The first-order valence-corrected chi connectivity index (χ1v) is 8.70. The van der Waals surface area contributed by atoms with Crippen LogP contribution in [0.3, 0.4) is 0 Å². The molecule has 1 amide bonds. The Labute approximate surface area is 160 Å². The smallest absolute Gasteiger partial charge is 0.262 e. The van der Waals surface area contributed by atoms with Gasteiger partial charge < -0.3 is 19.2 Å². The van der Waals surface area contributed by atoms with Gasteiger partial charge in [0.2, 0.25) is 0 Å². The zero-order valence-corrected chi connectivity index (χ0v) is 16.3. The highest BCUT2D eigenvalue weighted by Crippen LogP contribution is 2.35. The lowest BCUT2D eigenvalue weighted by molar-refractivity contribution is -0.117. The molecule has 6 nitrogen and oxygen atoms in total. The number of nitrogens with zero attached hydrogens (tertiary/aromatic N) is 1. The van der Waals surface area contributed by atoms with E-state index in [0.717, 1.165) is 0 Å². The molecule has 0 unspecified atom stereocenters. The van der Waals surface area contributed by atoms with Crippen LogP contribution in [0.15, 0.2) is 45.0 Å². The Hall–Kier alpha value is -2.72. The van der Waals surface area contributed by atoms with Gasteiger partial charge in [0.15, 0.2) is 11.5 Å². The van der Waals surface area contributed by atoms with Crippen molar-refractivity contribution < 1.29 is 18.7 Å². The molecule has 0 fully saturated rings. The van der Waals surface area contributed by atoms with Crippen molar-refractivity contribution >= 4 is 27.9 Å². The van der Waals surface area contributed by atoms with Crippen LogP contribution in [0.1, 0.15) is 25.2 Å². The van der Waals surface area contributed by atoms with Crippen molar-refractivity contribution in [2.45, 2.75) is 26.5 Å². The number of nitriles is 1. The highest BCUT2D eigenvalue weighted by Gasteiger charge is 2.14. The van der Waals surface area contributed by atoms with Crippen LogP contribution in [-0.4, -0.2) is 19.1 Å². The predicted molar refractivity (Wildman–Crippen MR) is 101 cm³/mol. The third-order valence-electron chi connectivity index (χ3n) is 3.31. The molecule has 0 radical (unpaired) electrons. The molecule has 0 atom stereocenters. The average Bonchev–Trinajstić information content (AvgIpc) is 3.12. The molecule has 26 heavy (non-hydrogen) atoms. The van der Waals surface area contributed by atoms with Gasteiger partial charge in [-0.05, 0) is 49.8 Å². The second-order valence-corrected chi connectivity index (χ2v) is 6.48. The monoisotopic (exact) mass is 418 g/mol. The minimum Gasteiger partial charge on any atom is -0.493 e. The fourth-order valence-corrected chi connectivity index (χ4v) is 2.58. The topological polar surface area (TPSA) is 84.5 Å². The lowest BCUT2D eigenvalue weighted by Gasteiger charge is -2.15. The third-order valence-corrected chi connectivity index (χ3v) is 4.00. The number of amides is 1. The summed E-state index contributed by atoms with van der Waals surface area (Å²) in [5.41, 5.74) is 0.597. The zero-order valence-electron chi connectivity index (χ0n) is 14.7. The summed E-state index contributed by atoms with van der Waals surface area (Å²) >= 11 is 3.44.